The Labute approximate surface area is 140 Å². The van der Waals surface area contributed by atoms with Crippen LogP contribution in [-0.2, 0) is 22.7 Å². The van der Waals surface area contributed by atoms with E-state index in [1.54, 1.807) is 6.07 Å². The van der Waals surface area contributed by atoms with Gasteiger partial charge in [-0.1, -0.05) is 59.6 Å². The molecule has 0 saturated carbocycles. The first-order valence-electron chi connectivity index (χ1n) is 7.37. The van der Waals surface area contributed by atoms with Crippen molar-refractivity contribution in [3.8, 4) is 0 Å². The zero-order valence-electron chi connectivity index (χ0n) is 12.9. The molecule has 2 N–H and O–H groups in total. The maximum atomic E-state index is 11.8. The molecule has 2 aromatic carbocycles. The second kappa shape index (κ2) is 8.34. The highest BCUT2D eigenvalue weighted by Gasteiger charge is 2.09. The van der Waals surface area contributed by atoms with Crippen molar-refractivity contribution in [2.45, 2.75) is 26.4 Å². The first-order valence-corrected chi connectivity index (χ1v) is 7.75. The molecule has 2 aromatic rings. The number of nitrogens with one attached hydrogen (secondary N) is 2. The van der Waals surface area contributed by atoms with E-state index in [9.17, 15) is 9.59 Å². The monoisotopic (exact) mass is 330 g/mol. The summed E-state index contributed by atoms with van der Waals surface area (Å²) in [6.07, 6.45) is -0.198. The van der Waals surface area contributed by atoms with E-state index in [1.807, 2.05) is 49.4 Å². The normalized spacial score (nSPS) is 10.2. The summed E-state index contributed by atoms with van der Waals surface area (Å²) in [6.45, 7) is 2.73. The number of carbonyl (C=O) groups excluding carboxylic acids is 2. The second-order valence-corrected chi connectivity index (χ2v) is 5.71. The van der Waals surface area contributed by atoms with E-state index in [0.29, 0.717) is 18.1 Å². The van der Waals surface area contributed by atoms with Gasteiger partial charge in [0.2, 0.25) is 11.8 Å². The van der Waals surface area contributed by atoms with E-state index >= 15 is 0 Å². The quantitative estimate of drug-likeness (QED) is 0.800. The Morgan fingerprint density at radius 1 is 0.913 bits per heavy atom. The molecule has 0 radical (unpaired) electrons. The molecular weight excluding hydrogens is 312 g/mol. The smallest absolute Gasteiger partial charge is 0.229 e. The highest BCUT2D eigenvalue weighted by molar-refractivity contribution is 6.31. The van der Waals surface area contributed by atoms with Crippen molar-refractivity contribution in [1.82, 2.24) is 10.6 Å². The summed E-state index contributed by atoms with van der Waals surface area (Å²) in [7, 11) is 0. The van der Waals surface area contributed by atoms with Gasteiger partial charge in [-0.05, 0) is 24.1 Å². The molecule has 4 nitrogen and oxygen atoms in total. The van der Waals surface area contributed by atoms with Gasteiger partial charge in [0.25, 0.3) is 0 Å². The number of hydrogen-bond donors (Lipinski definition) is 2. The maximum absolute atomic E-state index is 11.8. The van der Waals surface area contributed by atoms with E-state index in [1.165, 1.54) is 5.56 Å². The predicted octanol–water partition coefficient (Wildman–Crippen LogP) is 2.97. The van der Waals surface area contributed by atoms with Gasteiger partial charge in [0, 0.05) is 18.1 Å². The minimum absolute atomic E-state index is 0.198. The molecule has 120 valence electrons. The fourth-order valence-corrected chi connectivity index (χ4v) is 2.22. The highest BCUT2D eigenvalue weighted by atomic mass is 35.5. The lowest BCUT2D eigenvalue weighted by atomic mass is 10.1. The summed E-state index contributed by atoms with van der Waals surface area (Å²) in [4.78, 5) is 23.6. The first kappa shape index (κ1) is 17.0. The minimum Gasteiger partial charge on any atom is -0.352 e. The van der Waals surface area contributed by atoms with Gasteiger partial charge in [0.1, 0.15) is 6.42 Å². The second-order valence-electron chi connectivity index (χ2n) is 5.31. The number of halogens is 1. The predicted molar refractivity (Wildman–Crippen MR) is 90.9 cm³/mol. The number of amides is 2. The fourth-order valence-electron chi connectivity index (χ4n) is 2.01. The average molecular weight is 331 g/mol. The van der Waals surface area contributed by atoms with Crippen molar-refractivity contribution in [3.63, 3.8) is 0 Å². The molecule has 23 heavy (non-hydrogen) atoms. The summed E-state index contributed by atoms with van der Waals surface area (Å²) in [5.74, 6) is -0.631. The Kier molecular flexibility index (Phi) is 6.18. The van der Waals surface area contributed by atoms with Crippen molar-refractivity contribution >= 4 is 23.4 Å². The van der Waals surface area contributed by atoms with E-state index in [0.717, 1.165) is 11.1 Å². The minimum atomic E-state index is -0.327. The van der Waals surface area contributed by atoms with Crippen molar-refractivity contribution in [3.05, 3.63) is 70.2 Å². The van der Waals surface area contributed by atoms with E-state index in [4.69, 9.17) is 11.6 Å². The van der Waals surface area contributed by atoms with Crippen LogP contribution in [0.25, 0.3) is 0 Å². The van der Waals surface area contributed by atoms with Crippen LogP contribution in [0, 0.1) is 6.92 Å². The molecule has 0 aliphatic heterocycles. The summed E-state index contributed by atoms with van der Waals surface area (Å²) >= 11 is 6.01. The summed E-state index contributed by atoms with van der Waals surface area (Å²) in [5, 5.41) is 6.02. The summed E-state index contributed by atoms with van der Waals surface area (Å²) in [6, 6.07) is 15.1. The Bertz CT molecular complexity index is 684. The molecule has 0 bridgehead atoms. The van der Waals surface area contributed by atoms with Crippen LogP contribution in [0.1, 0.15) is 23.1 Å². The number of benzene rings is 2. The molecule has 0 unspecified atom stereocenters. The van der Waals surface area contributed by atoms with Gasteiger partial charge in [0.05, 0.1) is 0 Å². The largest absolute Gasteiger partial charge is 0.352 e. The van der Waals surface area contributed by atoms with Gasteiger partial charge in [-0.2, -0.15) is 0 Å². The third-order valence-electron chi connectivity index (χ3n) is 3.37. The Hall–Kier alpha value is -2.33. The van der Waals surface area contributed by atoms with Gasteiger partial charge in [-0.15, -0.1) is 0 Å². The Morgan fingerprint density at radius 3 is 2.17 bits per heavy atom. The molecule has 0 aliphatic rings. The van der Waals surface area contributed by atoms with Crippen molar-refractivity contribution in [2.75, 3.05) is 0 Å². The molecule has 0 spiro atoms. The summed E-state index contributed by atoms with van der Waals surface area (Å²) in [5.41, 5.74) is 2.99. The van der Waals surface area contributed by atoms with Gasteiger partial charge >= 0.3 is 0 Å². The van der Waals surface area contributed by atoms with Crippen LogP contribution in [-0.4, -0.2) is 11.8 Å². The molecule has 2 rings (SSSR count). The molecule has 0 aliphatic carbocycles. The van der Waals surface area contributed by atoms with Crippen LogP contribution in [0.15, 0.2) is 48.5 Å². The average Bonchev–Trinajstić information content (AvgIpc) is 2.53. The number of hydrogen-bond acceptors (Lipinski definition) is 2. The number of aryl methyl sites for hydroxylation is 1. The maximum Gasteiger partial charge on any atom is 0.229 e. The fraction of sp³-hybridized carbons (Fsp3) is 0.222. The standard InChI is InChI=1S/C18H19ClN2O2/c1-13-6-8-14(9-7-13)11-20-17(22)10-18(23)21-12-15-4-2-3-5-16(15)19/h2-9H,10-12H2,1H3,(H,20,22)(H,21,23). The highest BCUT2D eigenvalue weighted by Crippen LogP contribution is 2.14. The Morgan fingerprint density at radius 2 is 1.52 bits per heavy atom. The van der Waals surface area contributed by atoms with E-state index in [2.05, 4.69) is 10.6 Å². The first-order chi connectivity index (χ1) is 11.0. The van der Waals surface area contributed by atoms with Crippen molar-refractivity contribution < 1.29 is 9.59 Å². The van der Waals surface area contributed by atoms with Gasteiger partial charge in [-0.3, -0.25) is 9.59 Å². The molecule has 0 aromatic heterocycles. The molecular formula is C18H19ClN2O2. The third kappa shape index (κ3) is 5.75. The molecule has 0 fully saturated rings. The number of carbonyl (C=O) groups is 2. The summed E-state index contributed by atoms with van der Waals surface area (Å²) < 4.78 is 0. The van der Waals surface area contributed by atoms with Gasteiger partial charge in [0.15, 0.2) is 0 Å². The van der Waals surface area contributed by atoms with Crippen LogP contribution < -0.4 is 10.6 Å². The van der Waals surface area contributed by atoms with Crippen LogP contribution in [0.2, 0.25) is 5.02 Å². The topological polar surface area (TPSA) is 58.2 Å². The zero-order chi connectivity index (χ0) is 16.7. The van der Waals surface area contributed by atoms with E-state index in [-0.39, 0.29) is 18.2 Å². The lowest BCUT2D eigenvalue weighted by molar-refractivity contribution is -0.129. The SMILES string of the molecule is Cc1ccc(CNC(=O)CC(=O)NCc2ccccc2Cl)cc1. The van der Waals surface area contributed by atoms with Crippen molar-refractivity contribution in [1.29, 1.82) is 0 Å². The van der Waals surface area contributed by atoms with Gasteiger partial charge < -0.3 is 10.6 Å². The van der Waals surface area contributed by atoms with Crippen LogP contribution in [0.4, 0.5) is 0 Å². The Balaban J connectivity index is 1.73. The molecule has 2 amide bonds. The van der Waals surface area contributed by atoms with E-state index < -0.39 is 0 Å². The molecule has 0 saturated heterocycles. The third-order valence-corrected chi connectivity index (χ3v) is 3.73. The van der Waals surface area contributed by atoms with Crippen molar-refractivity contribution in [2.24, 2.45) is 0 Å². The zero-order valence-corrected chi connectivity index (χ0v) is 13.7. The van der Waals surface area contributed by atoms with Crippen LogP contribution in [0.5, 0.6) is 0 Å². The van der Waals surface area contributed by atoms with Crippen LogP contribution in [0.3, 0.4) is 0 Å². The lowest BCUT2D eigenvalue weighted by Crippen LogP contribution is -2.31. The number of rotatable bonds is 6. The molecule has 0 atom stereocenters. The van der Waals surface area contributed by atoms with Gasteiger partial charge in [-0.25, -0.2) is 0 Å². The molecule has 5 heteroatoms. The van der Waals surface area contributed by atoms with Crippen LogP contribution >= 0.6 is 11.6 Å². The molecule has 0 heterocycles. The lowest BCUT2D eigenvalue weighted by Gasteiger charge is -2.08.